The van der Waals surface area contributed by atoms with Gasteiger partial charge in [-0.05, 0) is 30.2 Å². The number of carbonyl (C=O) groups excluding carboxylic acids is 1. The summed E-state index contributed by atoms with van der Waals surface area (Å²) in [6.45, 7) is 2.84. The molecule has 1 heterocycles. The third kappa shape index (κ3) is 3.20. The topological polar surface area (TPSA) is 60.9 Å². The summed E-state index contributed by atoms with van der Waals surface area (Å²) >= 11 is 0. The molecule has 18 heavy (non-hydrogen) atoms. The van der Waals surface area contributed by atoms with Crippen molar-refractivity contribution < 1.29 is 4.79 Å². The Bertz CT molecular complexity index is 545. The Kier molecular flexibility index (Phi) is 3.77. The first-order valence-corrected chi connectivity index (χ1v) is 6.05. The van der Waals surface area contributed by atoms with Crippen LogP contribution in [0.2, 0.25) is 0 Å². The van der Waals surface area contributed by atoms with Gasteiger partial charge in [0.1, 0.15) is 5.78 Å². The highest BCUT2D eigenvalue weighted by Crippen LogP contribution is 2.09. The molecule has 0 unspecified atom stereocenters. The van der Waals surface area contributed by atoms with Gasteiger partial charge in [0.25, 0.3) is 0 Å². The van der Waals surface area contributed by atoms with Gasteiger partial charge in [0.05, 0.1) is 6.20 Å². The Morgan fingerprint density at radius 3 is 2.78 bits per heavy atom. The highest BCUT2D eigenvalue weighted by atomic mass is 16.1. The van der Waals surface area contributed by atoms with Gasteiger partial charge in [-0.25, -0.2) is 0 Å². The van der Waals surface area contributed by atoms with Crippen molar-refractivity contribution in [2.45, 2.75) is 26.3 Å². The Morgan fingerprint density at radius 2 is 2.11 bits per heavy atom. The van der Waals surface area contributed by atoms with Crippen LogP contribution in [0, 0.1) is 0 Å². The standard InChI is InChI=1S/C14H17N3O/c1-2-17-10-12(9-16-17)8-14(18)7-11-4-3-5-13(15)6-11/h3-6,9-10H,2,7-8,15H2,1H3. The van der Waals surface area contributed by atoms with Crippen LogP contribution in [0.1, 0.15) is 18.1 Å². The number of aryl methyl sites for hydroxylation is 1. The van der Waals surface area contributed by atoms with Crippen molar-refractivity contribution in [1.82, 2.24) is 9.78 Å². The molecule has 1 aromatic carbocycles. The van der Waals surface area contributed by atoms with Crippen LogP contribution in [-0.4, -0.2) is 15.6 Å². The molecule has 0 atom stereocenters. The zero-order valence-corrected chi connectivity index (χ0v) is 10.5. The minimum Gasteiger partial charge on any atom is -0.399 e. The van der Waals surface area contributed by atoms with E-state index in [0.717, 1.165) is 17.7 Å². The molecule has 0 aliphatic heterocycles. The summed E-state index contributed by atoms with van der Waals surface area (Å²) in [5.41, 5.74) is 8.30. The Balaban J connectivity index is 1.96. The molecule has 0 aliphatic carbocycles. The molecule has 4 nitrogen and oxygen atoms in total. The van der Waals surface area contributed by atoms with Crippen molar-refractivity contribution in [2.75, 3.05) is 5.73 Å². The summed E-state index contributed by atoms with van der Waals surface area (Å²) in [6.07, 6.45) is 4.51. The second-order valence-corrected chi connectivity index (χ2v) is 4.34. The Labute approximate surface area is 106 Å². The third-order valence-corrected chi connectivity index (χ3v) is 2.76. The number of rotatable bonds is 5. The lowest BCUT2D eigenvalue weighted by atomic mass is 10.0. The van der Waals surface area contributed by atoms with E-state index in [1.807, 2.05) is 42.1 Å². The number of hydrogen-bond acceptors (Lipinski definition) is 3. The predicted molar refractivity (Wildman–Crippen MR) is 71.2 cm³/mol. The van der Waals surface area contributed by atoms with Crippen LogP contribution in [0.15, 0.2) is 36.7 Å². The van der Waals surface area contributed by atoms with E-state index in [0.29, 0.717) is 18.5 Å². The Morgan fingerprint density at radius 1 is 1.33 bits per heavy atom. The second-order valence-electron chi connectivity index (χ2n) is 4.34. The van der Waals surface area contributed by atoms with Crippen LogP contribution in [0.4, 0.5) is 5.69 Å². The van der Waals surface area contributed by atoms with Crippen molar-refractivity contribution >= 4 is 11.5 Å². The van der Waals surface area contributed by atoms with Gasteiger partial charge in [0.2, 0.25) is 0 Å². The zero-order valence-electron chi connectivity index (χ0n) is 10.5. The van der Waals surface area contributed by atoms with Gasteiger partial charge in [0.15, 0.2) is 0 Å². The molecular weight excluding hydrogens is 226 g/mol. The molecule has 0 bridgehead atoms. The summed E-state index contributed by atoms with van der Waals surface area (Å²) in [4.78, 5) is 11.9. The molecule has 1 aromatic heterocycles. The van der Waals surface area contributed by atoms with E-state index in [2.05, 4.69) is 5.10 Å². The van der Waals surface area contributed by atoms with E-state index in [1.165, 1.54) is 0 Å². The normalized spacial score (nSPS) is 10.5. The van der Waals surface area contributed by atoms with Crippen molar-refractivity contribution in [1.29, 1.82) is 0 Å². The van der Waals surface area contributed by atoms with E-state index < -0.39 is 0 Å². The quantitative estimate of drug-likeness (QED) is 0.815. The molecule has 0 saturated carbocycles. The van der Waals surface area contributed by atoms with E-state index in [4.69, 9.17) is 5.73 Å². The monoisotopic (exact) mass is 243 g/mol. The Hall–Kier alpha value is -2.10. The SMILES string of the molecule is CCn1cc(CC(=O)Cc2cccc(N)c2)cn1. The lowest BCUT2D eigenvalue weighted by Crippen LogP contribution is -2.06. The van der Waals surface area contributed by atoms with Crippen LogP contribution in [0.5, 0.6) is 0 Å². The molecule has 0 spiro atoms. The number of nitrogen functional groups attached to an aromatic ring is 1. The van der Waals surface area contributed by atoms with Crippen molar-refractivity contribution in [3.05, 3.63) is 47.8 Å². The fraction of sp³-hybridized carbons (Fsp3) is 0.286. The molecule has 0 aliphatic rings. The number of nitrogens with two attached hydrogens (primary N) is 1. The van der Waals surface area contributed by atoms with Gasteiger partial charge < -0.3 is 5.73 Å². The number of hydrogen-bond donors (Lipinski definition) is 1. The number of anilines is 1. The number of aromatic nitrogens is 2. The maximum Gasteiger partial charge on any atom is 0.141 e. The van der Waals surface area contributed by atoms with Gasteiger partial charge in [-0.3, -0.25) is 9.48 Å². The first-order valence-electron chi connectivity index (χ1n) is 6.05. The minimum absolute atomic E-state index is 0.177. The van der Waals surface area contributed by atoms with Gasteiger partial charge in [-0.1, -0.05) is 12.1 Å². The molecule has 94 valence electrons. The fourth-order valence-electron chi connectivity index (χ4n) is 1.89. The lowest BCUT2D eigenvalue weighted by Gasteiger charge is -2.01. The average Bonchev–Trinajstić information content (AvgIpc) is 2.76. The van der Waals surface area contributed by atoms with E-state index >= 15 is 0 Å². The smallest absolute Gasteiger partial charge is 0.141 e. The summed E-state index contributed by atoms with van der Waals surface area (Å²) < 4.78 is 1.82. The van der Waals surface area contributed by atoms with Crippen molar-refractivity contribution in [2.24, 2.45) is 0 Å². The van der Waals surface area contributed by atoms with Gasteiger partial charge in [0, 0.05) is 31.3 Å². The van der Waals surface area contributed by atoms with E-state index in [1.54, 1.807) is 6.20 Å². The number of ketones is 1. The number of Topliss-reactive ketones (excluding diaryl/α,β-unsaturated/α-hetero) is 1. The molecule has 2 aromatic rings. The van der Waals surface area contributed by atoms with Crippen LogP contribution in [-0.2, 0) is 24.2 Å². The van der Waals surface area contributed by atoms with Gasteiger partial charge in [-0.2, -0.15) is 5.10 Å². The van der Waals surface area contributed by atoms with Crippen LogP contribution >= 0.6 is 0 Å². The average molecular weight is 243 g/mol. The lowest BCUT2D eigenvalue weighted by molar-refractivity contribution is -0.117. The molecule has 0 amide bonds. The van der Waals surface area contributed by atoms with Gasteiger partial charge in [-0.15, -0.1) is 0 Å². The van der Waals surface area contributed by atoms with E-state index in [-0.39, 0.29) is 5.78 Å². The summed E-state index contributed by atoms with van der Waals surface area (Å²) in [6, 6.07) is 7.45. The maximum absolute atomic E-state index is 11.9. The predicted octanol–water partition coefficient (Wildman–Crippen LogP) is 1.84. The maximum atomic E-state index is 11.9. The fourth-order valence-corrected chi connectivity index (χ4v) is 1.89. The highest BCUT2D eigenvalue weighted by Gasteiger charge is 2.07. The number of nitrogens with zero attached hydrogens (tertiary/aromatic N) is 2. The molecular formula is C14H17N3O. The van der Waals surface area contributed by atoms with Crippen molar-refractivity contribution in [3.8, 4) is 0 Å². The largest absolute Gasteiger partial charge is 0.399 e. The summed E-state index contributed by atoms with van der Waals surface area (Å²) in [7, 11) is 0. The number of benzene rings is 1. The van der Waals surface area contributed by atoms with Gasteiger partial charge >= 0.3 is 0 Å². The number of carbonyl (C=O) groups is 1. The van der Waals surface area contributed by atoms with Crippen molar-refractivity contribution in [3.63, 3.8) is 0 Å². The molecule has 2 rings (SSSR count). The van der Waals surface area contributed by atoms with E-state index in [9.17, 15) is 4.79 Å². The highest BCUT2D eigenvalue weighted by molar-refractivity contribution is 5.83. The van der Waals surface area contributed by atoms with Crippen LogP contribution < -0.4 is 5.73 Å². The molecule has 0 fully saturated rings. The third-order valence-electron chi connectivity index (χ3n) is 2.76. The molecule has 0 saturated heterocycles. The molecule has 2 N–H and O–H groups in total. The first-order chi connectivity index (χ1) is 8.67. The first kappa shape index (κ1) is 12.4. The molecule has 0 radical (unpaired) electrons. The van der Waals surface area contributed by atoms with Crippen LogP contribution in [0.25, 0.3) is 0 Å². The summed E-state index contributed by atoms with van der Waals surface area (Å²) in [5, 5.41) is 4.15. The molecule has 4 heteroatoms. The summed E-state index contributed by atoms with van der Waals surface area (Å²) in [5.74, 6) is 0.177. The second kappa shape index (κ2) is 5.49. The van der Waals surface area contributed by atoms with Crippen LogP contribution in [0.3, 0.4) is 0 Å². The minimum atomic E-state index is 0.177. The zero-order chi connectivity index (χ0) is 13.0.